The summed E-state index contributed by atoms with van der Waals surface area (Å²) >= 11 is 8.20. The molecule has 0 spiro atoms. The largest absolute Gasteiger partial charge is 0.387 e. The average molecular weight is 271 g/mol. The molecule has 0 aliphatic carbocycles. The Hall–Kier alpha value is -0.190. The highest BCUT2D eigenvalue weighted by molar-refractivity contribution is 9.10. The van der Waals surface area contributed by atoms with E-state index in [1.54, 1.807) is 0 Å². The van der Waals surface area contributed by atoms with Crippen molar-refractivity contribution in [1.29, 1.82) is 0 Å². The maximum Gasteiger partial charge on any atom is 0.133 e. The molecule has 72 valence electrons. The Morgan fingerprint density at radius 1 is 1.38 bits per heavy atom. The van der Waals surface area contributed by atoms with Gasteiger partial charge in [0, 0.05) is 4.47 Å². The Morgan fingerprint density at radius 3 is 2.23 bits per heavy atom. The fraction of sp³-hybridized carbons (Fsp3) is 0.250. The van der Waals surface area contributed by atoms with Crippen LogP contribution in [0.15, 0.2) is 16.6 Å². The zero-order chi connectivity index (χ0) is 10.0. The van der Waals surface area contributed by atoms with E-state index in [0.29, 0.717) is 0 Å². The third kappa shape index (κ3) is 2.39. The van der Waals surface area contributed by atoms with E-state index >= 15 is 0 Å². The fourth-order valence-electron chi connectivity index (χ4n) is 0.949. The molecule has 0 radical (unpaired) electrons. The number of aliphatic hydroxyl groups is 1. The Morgan fingerprint density at radius 2 is 1.85 bits per heavy atom. The van der Waals surface area contributed by atoms with Crippen LogP contribution < -0.4 is 0 Å². The van der Waals surface area contributed by atoms with Gasteiger partial charge in [0.2, 0.25) is 0 Å². The lowest BCUT2D eigenvalue weighted by molar-refractivity contribution is 0.192. The predicted octanol–water partition coefficient (Wildman–Crippen LogP) is 3.00. The molecule has 0 heterocycles. The Kier molecular flexibility index (Phi) is 3.64. The Labute approximate surface area is 87.5 Å². The van der Waals surface area contributed by atoms with Crippen LogP contribution >= 0.6 is 27.5 Å². The van der Waals surface area contributed by atoms with Gasteiger partial charge in [-0.05, 0) is 12.1 Å². The predicted molar refractivity (Wildman–Crippen MR) is 49.7 cm³/mol. The molecule has 1 aromatic rings. The molecule has 1 unspecified atom stereocenters. The summed E-state index contributed by atoms with van der Waals surface area (Å²) in [5.41, 5.74) is -0.391. The monoisotopic (exact) mass is 270 g/mol. The third-order valence-corrected chi connectivity index (χ3v) is 2.27. The molecule has 1 atom stereocenters. The zero-order valence-corrected chi connectivity index (χ0v) is 8.74. The van der Waals surface area contributed by atoms with Crippen molar-refractivity contribution >= 4 is 27.5 Å². The number of hydrogen-bond acceptors (Lipinski definition) is 1. The summed E-state index contributed by atoms with van der Waals surface area (Å²) in [6, 6.07) is 2.16. The van der Waals surface area contributed by atoms with Crippen molar-refractivity contribution in [3.8, 4) is 0 Å². The van der Waals surface area contributed by atoms with Crippen LogP contribution in [-0.2, 0) is 0 Å². The molecule has 1 rings (SSSR count). The molecular weight excluding hydrogens is 265 g/mol. The van der Waals surface area contributed by atoms with Crippen molar-refractivity contribution < 1.29 is 13.9 Å². The lowest BCUT2D eigenvalue weighted by Gasteiger charge is -2.09. The van der Waals surface area contributed by atoms with Crippen molar-refractivity contribution in [1.82, 2.24) is 0 Å². The fourth-order valence-corrected chi connectivity index (χ4v) is 1.51. The van der Waals surface area contributed by atoms with Gasteiger partial charge in [-0.2, -0.15) is 0 Å². The second-order valence-corrected chi connectivity index (χ2v) is 3.68. The molecule has 5 heteroatoms. The van der Waals surface area contributed by atoms with E-state index in [0.717, 1.165) is 12.1 Å². The number of alkyl halides is 1. The topological polar surface area (TPSA) is 20.2 Å². The van der Waals surface area contributed by atoms with E-state index in [1.165, 1.54) is 0 Å². The van der Waals surface area contributed by atoms with Gasteiger partial charge in [0.25, 0.3) is 0 Å². The van der Waals surface area contributed by atoms with Crippen LogP contribution in [0.4, 0.5) is 8.78 Å². The Bertz CT molecular complexity index is 296. The van der Waals surface area contributed by atoms with E-state index in [4.69, 9.17) is 16.7 Å². The normalized spacial score (nSPS) is 13.0. The molecule has 0 saturated heterocycles. The number of benzene rings is 1. The summed E-state index contributed by atoms with van der Waals surface area (Å²) < 4.78 is 26.4. The first-order valence-corrected chi connectivity index (χ1v) is 4.77. The first kappa shape index (κ1) is 10.9. The van der Waals surface area contributed by atoms with Crippen molar-refractivity contribution in [2.45, 2.75) is 6.10 Å². The maximum absolute atomic E-state index is 13.1. The summed E-state index contributed by atoms with van der Waals surface area (Å²) in [7, 11) is 0. The maximum atomic E-state index is 13.1. The van der Waals surface area contributed by atoms with Crippen molar-refractivity contribution in [2.24, 2.45) is 0 Å². The highest BCUT2D eigenvalue weighted by atomic mass is 79.9. The lowest BCUT2D eigenvalue weighted by atomic mass is 10.1. The minimum absolute atomic E-state index is 0.241. The van der Waals surface area contributed by atoms with Crippen LogP contribution in [0.3, 0.4) is 0 Å². The van der Waals surface area contributed by atoms with Gasteiger partial charge in [-0.25, -0.2) is 8.78 Å². The molecular formula is C8H6BrClF2O. The van der Waals surface area contributed by atoms with Crippen LogP contribution in [0.5, 0.6) is 0 Å². The quantitative estimate of drug-likeness (QED) is 0.820. The van der Waals surface area contributed by atoms with Crippen LogP contribution in [0, 0.1) is 11.6 Å². The van der Waals surface area contributed by atoms with Crippen molar-refractivity contribution in [3.63, 3.8) is 0 Å². The minimum atomic E-state index is -1.31. The summed E-state index contributed by atoms with van der Waals surface area (Å²) in [6.07, 6.45) is -1.31. The summed E-state index contributed by atoms with van der Waals surface area (Å²) in [5.74, 6) is -1.85. The highest BCUT2D eigenvalue weighted by Gasteiger charge is 2.17. The third-order valence-electron chi connectivity index (χ3n) is 1.52. The van der Waals surface area contributed by atoms with Gasteiger partial charge >= 0.3 is 0 Å². The molecule has 1 aromatic carbocycles. The van der Waals surface area contributed by atoms with Crippen molar-refractivity contribution in [3.05, 3.63) is 33.8 Å². The van der Waals surface area contributed by atoms with Crippen molar-refractivity contribution in [2.75, 3.05) is 5.88 Å². The van der Waals surface area contributed by atoms with Crippen LogP contribution in [0.25, 0.3) is 0 Å². The van der Waals surface area contributed by atoms with Crippen LogP contribution in [0.1, 0.15) is 11.7 Å². The number of rotatable bonds is 2. The molecule has 13 heavy (non-hydrogen) atoms. The van der Waals surface area contributed by atoms with Gasteiger partial charge < -0.3 is 5.11 Å². The molecule has 1 N–H and O–H groups in total. The van der Waals surface area contributed by atoms with E-state index in [9.17, 15) is 8.78 Å². The number of halogens is 4. The molecule has 0 aliphatic heterocycles. The molecule has 1 nitrogen and oxygen atoms in total. The number of hydrogen-bond donors (Lipinski definition) is 1. The van der Waals surface area contributed by atoms with Gasteiger partial charge in [-0.1, -0.05) is 15.9 Å². The van der Waals surface area contributed by atoms with Gasteiger partial charge in [-0.3, -0.25) is 0 Å². The second-order valence-electron chi connectivity index (χ2n) is 2.45. The van der Waals surface area contributed by atoms with E-state index in [1.807, 2.05) is 0 Å². The standard InChI is InChI=1S/C8H6BrClF2O/c9-4-1-5(11)8(6(12)2-4)7(13)3-10/h1-2,7,13H,3H2. The van der Waals surface area contributed by atoms with Crippen LogP contribution in [0.2, 0.25) is 0 Å². The minimum Gasteiger partial charge on any atom is -0.387 e. The summed E-state index contributed by atoms with van der Waals surface area (Å²) in [4.78, 5) is 0. The average Bonchev–Trinajstić information content (AvgIpc) is 2.02. The highest BCUT2D eigenvalue weighted by Crippen LogP contribution is 2.25. The first-order valence-electron chi connectivity index (χ1n) is 3.44. The Balaban J connectivity index is 3.20. The van der Waals surface area contributed by atoms with Gasteiger partial charge in [0.1, 0.15) is 11.6 Å². The first-order chi connectivity index (χ1) is 6.06. The molecule has 0 fully saturated rings. The summed E-state index contributed by atoms with van der Waals surface area (Å²) in [6.45, 7) is 0. The molecule has 0 amide bonds. The van der Waals surface area contributed by atoms with Crippen LogP contribution in [-0.4, -0.2) is 11.0 Å². The lowest BCUT2D eigenvalue weighted by Crippen LogP contribution is -2.05. The molecule has 0 saturated carbocycles. The zero-order valence-electron chi connectivity index (χ0n) is 6.40. The smallest absolute Gasteiger partial charge is 0.133 e. The van der Waals surface area contributed by atoms with Gasteiger partial charge in [0.05, 0.1) is 17.5 Å². The molecule has 0 bridgehead atoms. The van der Waals surface area contributed by atoms with E-state index < -0.39 is 23.3 Å². The molecule has 0 aromatic heterocycles. The SMILES string of the molecule is OC(CCl)c1c(F)cc(Br)cc1F. The van der Waals surface area contributed by atoms with Gasteiger partial charge in [-0.15, -0.1) is 11.6 Å². The molecule has 0 aliphatic rings. The summed E-state index contributed by atoms with van der Waals surface area (Å²) in [5, 5.41) is 9.15. The van der Waals surface area contributed by atoms with Gasteiger partial charge in [0.15, 0.2) is 0 Å². The second kappa shape index (κ2) is 4.35. The number of aliphatic hydroxyl groups excluding tert-OH is 1. The van der Waals surface area contributed by atoms with E-state index in [-0.39, 0.29) is 10.4 Å². The van der Waals surface area contributed by atoms with E-state index in [2.05, 4.69) is 15.9 Å².